The number of amides is 1. The van der Waals surface area contributed by atoms with E-state index in [-0.39, 0.29) is 11.9 Å². The molecule has 0 spiro atoms. The molecule has 0 saturated heterocycles. The molecule has 96 valence electrons. The van der Waals surface area contributed by atoms with Gasteiger partial charge in [0.25, 0.3) is 0 Å². The second-order valence-electron chi connectivity index (χ2n) is 3.79. The normalized spacial score (nSPS) is 10.6. The Morgan fingerprint density at radius 1 is 1.53 bits per heavy atom. The van der Waals surface area contributed by atoms with Crippen molar-refractivity contribution >= 4 is 34.1 Å². The Kier molecular flexibility index (Phi) is 5.70. The Hall–Kier alpha value is -0.820. The first kappa shape index (κ1) is 14.2. The van der Waals surface area contributed by atoms with Gasteiger partial charge in [0.15, 0.2) is 4.34 Å². The van der Waals surface area contributed by atoms with Gasteiger partial charge in [0.2, 0.25) is 11.0 Å². The third kappa shape index (κ3) is 4.51. The lowest BCUT2D eigenvalue weighted by Gasteiger charge is -2.20. The van der Waals surface area contributed by atoms with E-state index in [4.69, 9.17) is 0 Å². The molecule has 0 unspecified atom stereocenters. The Balaban J connectivity index is 2.41. The highest BCUT2D eigenvalue weighted by molar-refractivity contribution is 8.01. The number of hydrogen-bond donors (Lipinski definition) is 1. The molecule has 1 aromatic heterocycles. The summed E-state index contributed by atoms with van der Waals surface area (Å²) in [5.74, 6) is 0.528. The molecule has 1 N–H and O–H groups in total. The first-order valence-electron chi connectivity index (χ1n) is 5.50. The van der Waals surface area contributed by atoms with Crippen LogP contribution in [0.1, 0.15) is 20.8 Å². The van der Waals surface area contributed by atoms with Crippen LogP contribution in [0.15, 0.2) is 4.34 Å². The lowest BCUT2D eigenvalue weighted by molar-refractivity contribution is -0.128. The number of carbonyl (C=O) groups excluding carboxylic acids is 1. The van der Waals surface area contributed by atoms with Crippen LogP contribution in [0.25, 0.3) is 0 Å². The number of anilines is 1. The van der Waals surface area contributed by atoms with Crippen LogP contribution in [0.5, 0.6) is 0 Å². The molecule has 0 fully saturated rings. The molecule has 0 bridgehead atoms. The highest BCUT2D eigenvalue weighted by Crippen LogP contribution is 2.25. The average Bonchev–Trinajstić information content (AvgIpc) is 2.73. The lowest BCUT2D eigenvalue weighted by atomic mass is 10.3. The molecule has 0 aliphatic carbocycles. The largest absolute Gasteiger partial charge is 0.360 e. The van der Waals surface area contributed by atoms with Crippen LogP contribution < -0.4 is 5.32 Å². The fraction of sp³-hybridized carbons (Fsp3) is 0.700. The van der Waals surface area contributed by atoms with Crippen molar-refractivity contribution in [2.75, 3.05) is 24.7 Å². The van der Waals surface area contributed by atoms with Crippen LogP contribution in [0.3, 0.4) is 0 Å². The van der Waals surface area contributed by atoms with Gasteiger partial charge in [0.1, 0.15) is 0 Å². The topological polar surface area (TPSA) is 58.1 Å². The quantitative estimate of drug-likeness (QED) is 0.803. The minimum Gasteiger partial charge on any atom is -0.360 e. The maximum Gasteiger partial charge on any atom is 0.232 e. The zero-order chi connectivity index (χ0) is 12.8. The van der Waals surface area contributed by atoms with Crippen LogP contribution in [-0.2, 0) is 4.79 Å². The zero-order valence-corrected chi connectivity index (χ0v) is 12.2. The fourth-order valence-corrected chi connectivity index (χ4v) is 2.75. The summed E-state index contributed by atoms with van der Waals surface area (Å²) >= 11 is 2.91. The van der Waals surface area contributed by atoms with Gasteiger partial charge in [-0.05, 0) is 20.8 Å². The molecule has 1 rings (SSSR count). The second-order valence-corrected chi connectivity index (χ2v) is 5.99. The van der Waals surface area contributed by atoms with Crippen molar-refractivity contribution in [2.24, 2.45) is 0 Å². The van der Waals surface area contributed by atoms with Gasteiger partial charge < -0.3 is 10.2 Å². The number of nitrogens with one attached hydrogen (secondary N) is 1. The number of thioether (sulfide) groups is 1. The van der Waals surface area contributed by atoms with Crippen LogP contribution in [-0.4, -0.2) is 46.4 Å². The minimum absolute atomic E-state index is 0.116. The van der Waals surface area contributed by atoms with Crippen molar-refractivity contribution in [3.05, 3.63) is 0 Å². The average molecular weight is 274 g/mol. The number of nitrogens with zero attached hydrogens (tertiary/aromatic N) is 3. The molecule has 7 heteroatoms. The predicted octanol–water partition coefficient (Wildman–Crippen LogP) is 1.93. The van der Waals surface area contributed by atoms with Crippen molar-refractivity contribution in [2.45, 2.75) is 31.2 Å². The van der Waals surface area contributed by atoms with E-state index in [0.29, 0.717) is 5.75 Å². The molecule has 5 nitrogen and oxygen atoms in total. The van der Waals surface area contributed by atoms with Gasteiger partial charge in [0, 0.05) is 19.6 Å². The molecule has 17 heavy (non-hydrogen) atoms. The molecule has 1 heterocycles. The zero-order valence-electron chi connectivity index (χ0n) is 10.6. The smallest absolute Gasteiger partial charge is 0.232 e. The SMILES string of the molecule is CCNc1nnc(SCC(=O)N(C)C(C)C)s1. The van der Waals surface area contributed by atoms with E-state index >= 15 is 0 Å². The van der Waals surface area contributed by atoms with Gasteiger partial charge in [-0.1, -0.05) is 23.1 Å². The van der Waals surface area contributed by atoms with Gasteiger partial charge in [-0.25, -0.2) is 0 Å². The van der Waals surface area contributed by atoms with E-state index in [2.05, 4.69) is 15.5 Å². The lowest BCUT2D eigenvalue weighted by Crippen LogP contribution is -2.34. The van der Waals surface area contributed by atoms with Crippen LogP contribution >= 0.6 is 23.1 Å². The third-order valence-corrected chi connectivity index (χ3v) is 4.22. The van der Waals surface area contributed by atoms with Crippen LogP contribution in [0.2, 0.25) is 0 Å². The molecule has 1 amide bonds. The van der Waals surface area contributed by atoms with Crippen molar-refractivity contribution in [3.63, 3.8) is 0 Å². The van der Waals surface area contributed by atoms with Crippen LogP contribution in [0, 0.1) is 0 Å². The Bertz CT molecular complexity index is 367. The maximum atomic E-state index is 11.7. The standard InChI is InChI=1S/C10H18N4OS2/c1-5-11-9-12-13-10(17-9)16-6-8(15)14(4)7(2)3/h7H,5-6H2,1-4H3,(H,11,12). The summed E-state index contributed by atoms with van der Waals surface area (Å²) < 4.78 is 0.825. The first-order chi connectivity index (χ1) is 8.04. The molecule has 0 radical (unpaired) electrons. The molecule has 0 saturated carbocycles. The third-order valence-electron chi connectivity index (χ3n) is 2.22. The van der Waals surface area contributed by atoms with Gasteiger partial charge in [-0.15, -0.1) is 10.2 Å². The van der Waals surface area contributed by atoms with E-state index in [1.54, 1.807) is 4.90 Å². The molecular formula is C10H18N4OS2. The van der Waals surface area contributed by atoms with Crippen molar-refractivity contribution in [1.82, 2.24) is 15.1 Å². The summed E-state index contributed by atoms with van der Waals surface area (Å²) in [6.45, 7) is 6.83. The predicted molar refractivity (Wildman–Crippen MR) is 72.7 cm³/mol. The molecule has 0 atom stereocenters. The van der Waals surface area contributed by atoms with Crippen LogP contribution in [0.4, 0.5) is 5.13 Å². The van der Waals surface area contributed by atoms with E-state index in [9.17, 15) is 4.79 Å². The number of carbonyl (C=O) groups is 1. The summed E-state index contributed by atoms with van der Waals surface area (Å²) in [7, 11) is 1.82. The highest BCUT2D eigenvalue weighted by atomic mass is 32.2. The van der Waals surface area contributed by atoms with E-state index in [1.807, 2.05) is 27.8 Å². The fourth-order valence-electron chi connectivity index (χ4n) is 1.00. The van der Waals surface area contributed by atoms with Crippen molar-refractivity contribution in [1.29, 1.82) is 0 Å². The Morgan fingerprint density at radius 2 is 2.24 bits per heavy atom. The van der Waals surface area contributed by atoms with Crippen molar-refractivity contribution in [3.8, 4) is 0 Å². The first-order valence-corrected chi connectivity index (χ1v) is 7.30. The molecular weight excluding hydrogens is 256 g/mol. The summed E-state index contributed by atoms with van der Waals surface area (Å²) in [4.78, 5) is 13.5. The highest BCUT2D eigenvalue weighted by Gasteiger charge is 2.13. The minimum atomic E-state index is 0.116. The summed E-state index contributed by atoms with van der Waals surface area (Å²) in [5, 5.41) is 11.9. The van der Waals surface area contributed by atoms with Gasteiger partial charge >= 0.3 is 0 Å². The molecule has 1 aromatic rings. The number of aromatic nitrogens is 2. The van der Waals surface area contributed by atoms with E-state index in [1.165, 1.54) is 23.1 Å². The number of rotatable bonds is 6. The van der Waals surface area contributed by atoms with Gasteiger partial charge in [-0.3, -0.25) is 4.79 Å². The molecule has 0 aliphatic rings. The second kappa shape index (κ2) is 6.80. The summed E-state index contributed by atoms with van der Waals surface area (Å²) in [6, 6.07) is 0.231. The summed E-state index contributed by atoms with van der Waals surface area (Å²) in [6.07, 6.45) is 0. The van der Waals surface area contributed by atoms with Crippen molar-refractivity contribution < 1.29 is 4.79 Å². The monoisotopic (exact) mass is 274 g/mol. The van der Waals surface area contributed by atoms with Gasteiger partial charge in [-0.2, -0.15) is 0 Å². The maximum absolute atomic E-state index is 11.7. The molecule has 0 aliphatic heterocycles. The van der Waals surface area contributed by atoms with Gasteiger partial charge in [0.05, 0.1) is 5.75 Å². The Morgan fingerprint density at radius 3 is 2.82 bits per heavy atom. The Labute approximate surface area is 110 Å². The number of hydrogen-bond acceptors (Lipinski definition) is 6. The van der Waals surface area contributed by atoms with E-state index in [0.717, 1.165) is 16.0 Å². The summed E-state index contributed by atoms with van der Waals surface area (Å²) in [5.41, 5.74) is 0. The van der Waals surface area contributed by atoms with E-state index < -0.39 is 0 Å². The molecule has 0 aromatic carbocycles.